The van der Waals surface area contributed by atoms with Gasteiger partial charge in [-0.3, -0.25) is 9.59 Å². The number of carbonyl (C=O) groups excluding carboxylic acids is 2. The molecule has 0 radical (unpaired) electrons. The van der Waals surface area contributed by atoms with Crippen LogP contribution >= 0.6 is 0 Å². The van der Waals surface area contributed by atoms with Gasteiger partial charge in [-0.2, -0.15) is 4.98 Å². The highest BCUT2D eigenvalue weighted by molar-refractivity contribution is 5.96. The molecule has 1 fully saturated rings. The number of aromatic nitrogens is 2. The number of hydrogen-bond acceptors (Lipinski definition) is 5. The molecule has 7 nitrogen and oxygen atoms in total. The lowest BCUT2D eigenvalue weighted by Crippen LogP contribution is -2.48. The smallest absolute Gasteiger partial charge is 0.227 e. The number of anilines is 1. The molecule has 1 aromatic heterocycles. The predicted molar refractivity (Wildman–Crippen MR) is 103 cm³/mol. The summed E-state index contributed by atoms with van der Waals surface area (Å²) in [5.74, 6) is 0.827. The second kappa shape index (κ2) is 7.73. The fraction of sp³-hybridized carbons (Fsp3) is 0.524. The molecular formula is C21H26N4O3. The third-order valence-corrected chi connectivity index (χ3v) is 5.87. The second-order valence-corrected chi connectivity index (χ2v) is 7.91. The number of benzene rings is 1. The first-order valence-corrected chi connectivity index (χ1v) is 10.1. The molecule has 2 aliphatic rings. The average Bonchev–Trinajstić information content (AvgIpc) is 3.14. The Hall–Kier alpha value is -2.70. The first kappa shape index (κ1) is 18.7. The number of para-hydroxylation sites is 1. The largest absolute Gasteiger partial charge is 0.343 e. The van der Waals surface area contributed by atoms with Gasteiger partial charge < -0.3 is 15.2 Å². The molecule has 0 spiro atoms. The van der Waals surface area contributed by atoms with Gasteiger partial charge in [-0.1, -0.05) is 42.6 Å². The van der Waals surface area contributed by atoms with E-state index in [2.05, 4.69) is 20.8 Å². The first-order chi connectivity index (χ1) is 13.6. The van der Waals surface area contributed by atoms with Crippen molar-refractivity contribution >= 4 is 17.5 Å². The maximum Gasteiger partial charge on any atom is 0.227 e. The summed E-state index contributed by atoms with van der Waals surface area (Å²) < 4.78 is 5.16. The third kappa shape index (κ3) is 3.79. The Labute approximate surface area is 164 Å². The van der Waals surface area contributed by atoms with Gasteiger partial charge in [0.15, 0.2) is 5.82 Å². The maximum absolute atomic E-state index is 12.8. The van der Waals surface area contributed by atoms with Crippen molar-refractivity contribution in [2.75, 3.05) is 5.32 Å². The lowest BCUT2D eigenvalue weighted by molar-refractivity contribution is -0.124. The monoisotopic (exact) mass is 382 g/mol. The molecule has 148 valence electrons. The minimum absolute atomic E-state index is 0.00678. The summed E-state index contributed by atoms with van der Waals surface area (Å²) in [7, 11) is 0. The van der Waals surface area contributed by atoms with Gasteiger partial charge in [-0.15, -0.1) is 0 Å². The van der Waals surface area contributed by atoms with Crippen LogP contribution in [0.3, 0.4) is 0 Å². The topological polar surface area (TPSA) is 97.1 Å². The van der Waals surface area contributed by atoms with Crippen LogP contribution in [0, 0.1) is 12.8 Å². The highest BCUT2D eigenvalue weighted by Crippen LogP contribution is 2.36. The van der Waals surface area contributed by atoms with Crippen LogP contribution in [-0.2, 0) is 21.5 Å². The minimum Gasteiger partial charge on any atom is -0.343 e. The van der Waals surface area contributed by atoms with Gasteiger partial charge in [0.2, 0.25) is 17.7 Å². The number of aryl methyl sites for hydroxylation is 1. The molecule has 1 aromatic carbocycles. The van der Waals surface area contributed by atoms with Gasteiger partial charge in [0.1, 0.15) is 5.54 Å². The standard InChI is InChI=1S/C21H26N4O3/c1-14-22-20(25-28-14)21(11-5-2-6-12-21)24-18(26)10-9-16-13-15-7-3-4-8-17(15)23-19(16)27/h3-4,7-8,16H,2,5-6,9-13H2,1H3,(H,23,27)(H,24,26)/t16-/m0/s1. The Kier molecular flexibility index (Phi) is 5.15. The van der Waals surface area contributed by atoms with Crippen molar-refractivity contribution in [3.63, 3.8) is 0 Å². The zero-order chi connectivity index (χ0) is 19.6. The Morgan fingerprint density at radius 3 is 2.82 bits per heavy atom. The summed E-state index contributed by atoms with van der Waals surface area (Å²) in [5.41, 5.74) is 1.45. The number of rotatable bonds is 5. The quantitative estimate of drug-likeness (QED) is 0.827. The van der Waals surface area contributed by atoms with Crippen LogP contribution < -0.4 is 10.6 Å². The van der Waals surface area contributed by atoms with E-state index in [0.717, 1.165) is 43.4 Å². The Bertz CT molecular complexity index is 870. The number of fused-ring (bicyclic) bond motifs is 1. The summed E-state index contributed by atoms with van der Waals surface area (Å²) in [6.07, 6.45) is 6.32. The van der Waals surface area contributed by atoms with Gasteiger partial charge in [0, 0.05) is 24.9 Å². The van der Waals surface area contributed by atoms with Crippen LogP contribution in [0.5, 0.6) is 0 Å². The van der Waals surface area contributed by atoms with E-state index < -0.39 is 5.54 Å². The molecule has 1 saturated carbocycles. The van der Waals surface area contributed by atoms with Crippen LogP contribution in [0.4, 0.5) is 5.69 Å². The van der Waals surface area contributed by atoms with E-state index in [4.69, 9.17) is 4.52 Å². The van der Waals surface area contributed by atoms with Gasteiger partial charge >= 0.3 is 0 Å². The molecule has 7 heteroatoms. The fourth-order valence-electron chi connectivity index (χ4n) is 4.33. The molecule has 1 aliphatic carbocycles. The summed E-state index contributed by atoms with van der Waals surface area (Å²) >= 11 is 0. The summed E-state index contributed by atoms with van der Waals surface area (Å²) in [5, 5.41) is 10.2. The molecule has 0 unspecified atom stereocenters. The van der Waals surface area contributed by atoms with Gasteiger partial charge in [-0.05, 0) is 37.3 Å². The molecule has 0 saturated heterocycles. The molecule has 4 rings (SSSR count). The van der Waals surface area contributed by atoms with Gasteiger partial charge in [0.05, 0.1) is 0 Å². The lowest BCUT2D eigenvalue weighted by Gasteiger charge is -2.35. The summed E-state index contributed by atoms with van der Waals surface area (Å²) in [6.45, 7) is 1.76. The SMILES string of the molecule is Cc1nc(C2(NC(=O)CC[C@H]3Cc4ccccc4NC3=O)CCCCC2)no1. The van der Waals surface area contributed by atoms with E-state index in [-0.39, 0.29) is 17.7 Å². The predicted octanol–water partition coefficient (Wildman–Crippen LogP) is 3.24. The van der Waals surface area contributed by atoms with E-state index in [1.807, 2.05) is 24.3 Å². The number of amides is 2. The minimum atomic E-state index is -0.547. The molecule has 0 bridgehead atoms. The van der Waals surface area contributed by atoms with Crippen LogP contribution in [0.1, 0.15) is 62.2 Å². The number of hydrogen-bond donors (Lipinski definition) is 2. The van der Waals surface area contributed by atoms with Crippen molar-refractivity contribution in [1.82, 2.24) is 15.5 Å². The lowest BCUT2D eigenvalue weighted by atomic mass is 9.80. The first-order valence-electron chi connectivity index (χ1n) is 10.1. The van der Waals surface area contributed by atoms with Crippen molar-refractivity contribution in [1.29, 1.82) is 0 Å². The zero-order valence-corrected chi connectivity index (χ0v) is 16.2. The van der Waals surface area contributed by atoms with Crippen LogP contribution in [0.2, 0.25) is 0 Å². The van der Waals surface area contributed by atoms with Crippen molar-refractivity contribution < 1.29 is 14.1 Å². The highest BCUT2D eigenvalue weighted by atomic mass is 16.5. The van der Waals surface area contributed by atoms with Gasteiger partial charge in [-0.25, -0.2) is 0 Å². The molecule has 1 atom stereocenters. The van der Waals surface area contributed by atoms with E-state index in [1.165, 1.54) is 0 Å². The van der Waals surface area contributed by atoms with Crippen molar-refractivity contribution in [3.05, 3.63) is 41.5 Å². The van der Waals surface area contributed by atoms with E-state index >= 15 is 0 Å². The Morgan fingerprint density at radius 1 is 1.29 bits per heavy atom. The van der Waals surface area contributed by atoms with Crippen LogP contribution in [0.25, 0.3) is 0 Å². The Morgan fingerprint density at radius 2 is 2.07 bits per heavy atom. The van der Waals surface area contributed by atoms with Crippen molar-refractivity contribution in [2.24, 2.45) is 5.92 Å². The summed E-state index contributed by atoms with van der Waals surface area (Å²) in [4.78, 5) is 29.5. The molecule has 2 aromatic rings. The zero-order valence-electron chi connectivity index (χ0n) is 16.2. The number of nitrogens with one attached hydrogen (secondary N) is 2. The molecule has 2 amide bonds. The number of nitrogens with zero attached hydrogens (tertiary/aromatic N) is 2. The highest BCUT2D eigenvalue weighted by Gasteiger charge is 2.39. The maximum atomic E-state index is 12.8. The van der Waals surface area contributed by atoms with Crippen molar-refractivity contribution in [3.8, 4) is 0 Å². The fourth-order valence-corrected chi connectivity index (χ4v) is 4.33. The molecule has 28 heavy (non-hydrogen) atoms. The number of carbonyl (C=O) groups is 2. The molecule has 2 N–H and O–H groups in total. The van der Waals surface area contributed by atoms with Crippen LogP contribution in [-0.4, -0.2) is 22.0 Å². The average molecular weight is 382 g/mol. The van der Waals surface area contributed by atoms with E-state index in [1.54, 1.807) is 6.92 Å². The van der Waals surface area contributed by atoms with Crippen LogP contribution in [0.15, 0.2) is 28.8 Å². The van der Waals surface area contributed by atoms with E-state index in [9.17, 15) is 9.59 Å². The Balaban J connectivity index is 1.40. The normalized spacial score (nSPS) is 20.9. The molecule has 2 heterocycles. The summed E-state index contributed by atoms with van der Waals surface area (Å²) in [6, 6.07) is 7.82. The van der Waals surface area contributed by atoms with Gasteiger partial charge in [0.25, 0.3) is 0 Å². The van der Waals surface area contributed by atoms with E-state index in [0.29, 0.717) is 31.0 Å². The third-order valence-electron chi connectivity index (χ3n) is 5.87. The molecule has 1 aliphatic heterocycles. The second-order valence-electron chi connectivity index (χ2n) is 7.91. The molecular weight excluding hydrogens is 356 g/mol. The van der Waals surface area contributed by atoms with Crippen molar-refractivity contribution in [2.45, 2.75) is 63.8 Å².